The molecule has 1 heterocycles. The van der Waals surface area contributed by atoms with E-state index >= 15 is 0 Å². The van der Waals surface area contributed by atoms with Gasteiger partial charge in [-0.05, 0) is 19.1 Å². The van der Waals surface area contributed by atoms with Gasteiger partial charge in [-0.2, -0.15) is 31.4 Å². The van der Waals surface area contributed by atoms with E-state index in [1.165, 1.54) is 6.92 Å². The zero-order chi connectivity index (χ0) is 23.9. The monoisotopic (exact) mass is 513 g/mol. The molecule has 1 aromatic carbocycles. The summed E-state index contributed by atoms with van der Waals surface area (Å²) < 4.78 is 108. The van der Waals surface area contributed by atoms with Crippen LogP contribution in [0.4, 0.5) is 37.0 Å². The first-order valence-electron chi connectivity index (χ1n) is 7.89. The van der Waals surface area contributed by atoms with Crippen LogP contribution in [0.2, 0.25) is 10.0 Å². The van der Waals surface area contributed by atoms with Crippen LogP contribution in [-0.4, -0.2) is 37.2 Å². The lowest BCUT2D eigenvalue weighted by molar-refractivity contribution is -0.143. The maximum absolute atomic E-state index is 13.5. The molecule has 172 valence electrons. The molecule has 0 saturated heterocycles. The van der Waals surface area contributed by atoms with Crippen molar-refractivity contribution in [3.05, 3.63) is 33.4 Å². The molecule has 31 heavy (non-hydrogen) atoms. The molecule has 0 radical (unpaired) electrons. The zero-order valence-electron chi connectivity index (χ0n) is 15.3. The number of carbonyl (C=O) groups excluding carboxylic acids is 1. The van der Waals surface area contributed by atoms with Gasteiger partial charge in [0.25, 0.3) is 0 Å². The van der Waals surface area contributed by atoms with Gasteiger partial charge in [0.2, 0.25) is 0 Å². The molecular formula is C15H11Cl2F6N3O4S. The zero-order valence-corrected chi connectivity index (χ0v) is 17.6. The molecule has 0 aliphatic rings. The summed E-state index contributed by atoms with van der Waals surface area (Å²) in [7, 11) is -4.69. The minimum absolute atomic E-state index is 0.181. The molecule has 0 aliphatic heterocycles. The fourth-order valence-electron chi connectivity index (χ4n) is 2.41. The standard InChI is InChI=1S/C15H11Cl2F6N3O4S/c1-3-30-13(27)24-12-10(31(2,28)29)11(15(21,22)23)25-26(12)9-7(16)4-6(5-8(9)17)14(18,19)20/h4-5H,3H2,1-2H3,(H,24,27). The number of rotatable bonds is 4. The lowest BCUT2D eigenvalue weighted by Crippen LogP contribution is -2.19. The topological polar surface area (TPSA) is 90.3 Å². The van der Waals surface area contributed by atoms with Gasteiger partial charge in [-0.15, -0.1) is 0 Å². The number of aromatic nitrogens is 2. The van der Waals surface area contributed by atoms with Crippen LogP contribution in [0.3, 0.4) is 0 Å². The average Bonchev–Trinajstić information content (AvgIpc) is 2.93. The van der Waals surface area contributed by atoms with Gasteiger partial charge < -0.3 is 4.74 Å². The van der Waals surface area contributed by atoms with Crippen LogP contribution >= 0.6 is 23.2 Å². The number of ether oxygens (including phenoxy) is 1. The molecule has 2 aromatic rings. The summed E-state index contributed by atoms with van der Waals surface area (Å²) in [4.78, 5) is 10.4. The third-order valence-corrected chi connectivity index (χ3v) is 5.24. The van der Waals surface area contributed by atoms with E-state index in [2.05, 4.69) is 9.84 Å². The van der Waals surface area contributed by atoms with Gasteiger partial charge >= 0.3 is 18.4 Å². The minimum Gasteiger partial charge on any atom is -0.450 e. The second-order valence-electron chi connectivity index (χ2n) is 5.84. The van der Waals surface area contributed by atoms with Gasteiger partial charge in [-0.3, -0.25) is 5.32 Å². The highest BCUT2D eigenvalue weighted by Crippen LogP contribution is 2.42. The Hall–Kier alpha value is -2.19. The number of alkyl halides is 6. The minimum atomic E-state index is -5.33. The van der Waals surface area contributed by atoms with E-state index < -0.39 is 66.0 Å². The average molecular weight is 514 g/mol. The fraction of sp³-hybridized carbons (Fsp3) is 0.333. The summed E-state index contributed by atoms with van der Waals surface area (Å²) >= 11 is 11.6. The molecular weight excluding hydrogens is 503 g/mol. The Morgan fingerprint density at radius 2 is 1.65 bits per heavy atom. The van der Waals surface area contributed by atoms with Crippen molar-refractivity contribution in [2.24, 2.45) is 0 Å². The van der Waals surface area contributed by atoms with E-state index in [-0.39, 0.29) is 11.3 Å². The maximum Gasteiger partial charge on any atom is 0.436 e. The van der Waals surface area contributed by atoms with Crippen molar-refractivity contribution < 1.29 is 44.3 Å². The molecule has 1 aromatic heterocycles. The molecule has 0 aliphatic carbocycles. The van der Waals surface area contributed by atoms with Crippen molar-refractivity contribution in [2.45, 2.75) is 24.2 Å². The Morgan fingerprint density at radius 1 is 1.13 bits per heavy atom. The number of hydrogen-bond donors (Lipinski definition) is 1. The van der Waals surface area contributed by atoms with Gasteiger partial charge in [0.15, 0.2) is 21.3 Å². The van der Waals surface area contributed by atoms with Crippen LogP contribution in [-0.2, 0) is 26.9 Å². The number of carbonyl (C=O) groups is 1. The second-order valence-corrected chi connectivity index (χ2v) is 8.61. The van der Waals surface area contributed by atoms with Crippen LogP contribution in [0.25, 0.3) is 5.69 Å². The Bertz CT molecular complexity index is 1110. The molecule has 0 unspecified atom stereocenters. The number of nitrogens with zero attached hydrogens (tertiary/aromatic N) is 2. The number of benzene rings is 1. The number of sulfone groups is 1. The van der Waals surface area contributed by atoms with Crippen molar-refractivity contribution in [1.29, 1.82) is 0 Å². The molecule has 0 fully saturated rings. The molecule has 0 spiro atoms. The van der Waals surface area contributed by atoms with Gasteiger partial charge in [0.1, 0.15) is 10.6 Å². The van der Waals surface area contributed by atoms with E-state index in [0.717, 1.165) is 0 Å². The van der Waals surface area contributed by atoms with Gasteiger partial charge in [0.05, 0.1) is 22.2 Å². The van der Waals surface area contributed by atoms with E-state index in [1.54, 1.807) is 5.32 Å². The van der Waals surface area contributed by atoms with E-state index in [1.807, 2.05) is 0 Å². The number of anilines is 1. The Balaban J connectivity index is 2.94. The van der Waals surface area contributed by atoms with Crippen molar-refractivity contribution in [3.8, 4) is 5.69 Å². The molecule has 0 saturated carbocycles. The quantitative estimate of drug-likeness (QED) is 0.568. The maximum atomic E-state index is 13.5. The summed E-state index contributed by atoms with van der Waals surface area (Å²) in [6, 6.07) is 0.706. The Morgan fingerprint density at radius 3 is 2.03 bits per heavy atom. The van der Waals surface area contributed by atoms with Crippen molar-refractivity contribution >= 4 is 45.0 Å². The summed E-state index contributed by atoms with van der Waals surface area (Å²) in [6.45, 7) is 1.13. The van der Waals surface area contributed by atoms with E-state index in [4.69, 9.17) is 23.2 Å². The Kier molecular flexibility index (Phi) is 6.79. The summed E-state index contributed by atoms with van der Waals surface area (Å²) in [6.07, 6.45) is -11.2. The van der Waals surface area contributed by atoms with Crippen LogP contribution in [0, 0.1) is 0 Å². The molecule has 7 nitrogen and oxygen atoms in total. The summed E-state index contributed by atoms with van der Waals surface area (Å²) in [5, 5.41) is 3.30. The number of nitrogens with one attached hydrogen (secondary N) is 1. The van der Waals surface area contributed by atoms with Gasteiger partial charge in [-0.25, -0.2) is 17.9 Å². The summed E-state index contributed by atoms with van der Waals surface area (Å²) in [5.41, 5.74) is -4.00. The summed E-state index contributed by atoms with van der Waals surface area (Å²) in [5.74, 6) is -1.07. The Labute approximate surface area is 180 Å². The molecule has 1 amide bonds. The third-order valence-electron chi connectivity index (χ3n) is 3.53. The number of halogens is 8. The fourth-order valence-corrected chi connectivity index (χ4v) is 4.05. The van der Waals surface area contributed by atoms with Crippen LogP contribution < -0.4 is 5.32 Å². The number of hydrogen-bond acceptors (Lipinski definition) is 5. The van der Waals surface area contributed by atoms with E-state index in [9.17, 15) is 39.6 Å². The first-order valence-corrected chi connectivity index (χ1v) is 10.5. The smallest absolute Gasteiger partial charge is 0.436 e. The largest absolute Gasteiger partial charge is 0.450 e. The van der Waals surface area contributed by atoms with Crippen LogP contribution in [0.5, 0.6) is 0 Å². The second kappa shape index (κ2) is 8.39. The molecule has 2 rings (SSSR count). The van der Waals surface area contributed by atoms with Gasteiger partial charge in [-0.1, -0.05) is 23.2 Å². The molecule has 0 atom stereocenters. The van der Waals surface area contributed by atoms with Crippen molar-refractivity contribution in [1.82, 2.24) is 9.78 Å². The predicted molar refractivity (Wildman–Crippen MR) is 97.3 cm³/mol. The lowest BCUT2D eigenvalue weighted by atomic mass is 10.2. The molecule has 16 heteroatoms. The third kappa shape index (κ3) is 5.36. The number of amides is 1. The molecule has 1 N–H and O–H groups in total. The van der Waals surface area contributed by atoms with Gasteiger partial charge in [0, 0.05) is 6.26 Å². The highest BCUT2D eigenvalue weighted by atomic mass is 35.5. The SMILES string of the molecule is CCOC(=O)Nc1c(S(C)(=O)=O)c(C(F)(F)F)nn1-c1c(Cl)cc(C(F)(F)F)cc1Cl. The lowest BCUT2D eigenvalue weighted by Gasteiger charge is -2.15. The van der Waals surface area contributed by atoms with Crippen LogP contribution in [0.15, 0.2) is 17.0 Å². The molecule has 0 bridgehead atoms. The predicted octanol–water partition coefficient (Wildman–Crippen LogP) is 5.19. The highest BCUT2D eigenvalue weighted by Gasteiger charge is 2.44. The van der Waals surface area contributed by atoms with Crippen molar-refractivity contribution in [3.63, 3.8) is 0 Å². The van der Waals surface area contributed by atoms with Crippen molar-refractivity contribution in [2.75, 3.05) is 18.2 Å². The van der Waals surface area contributed by atoms with E-state index in [0.29, 0.717) is 18.4 Å². The first-order chi connectivity index (χ1) is 14.0. The first kappa shape index (κ1) is 25.1. The normalized spacial score (nSPS) is 12.7. The van der Waals surface area contributed by atoms with Crippen LogP contribution in [0.1, 0.15) is 18.2 Å². The highest BCUT2D eigenvalue weighted by molar-refractivity contribution is 7.91.